The van der Waals surface area contributed by atoms with E-state index in [2.05, 4.69) is 4.74 Å². The average Bonchev–Trinajstić information content (AvgIpc) is 2.35. The number of ether oxygens (including phenoxy) is 1. The van der Waals surface area contributed by atoms with Crippen molar-refractivity contribution >= 4 is 6.29 Å². The van der Waals surface area contributed by atoms with Crippen molar-refractivity contribution in [3.05, 3.63) is 29.3 Å². The van der Waals surface area contributed by atoms with Crippen molar-refractivity contribution in [2.24, 2.45) is 0 Å². The highest BCUT2D eigenvalue weighted by Crippen LogP contribution is 2.28. The first kappa shape index (κ1) is 15.9. The minimum atomic E-state index is -4.95. The van der Waals surface area contributed by atoms with Gasteiger partial charge in [-0.1, -0.05) is 0 Å². The fraction of sp³-hybridized carbons (Fsp3) is 0.333. The lowest BCUT2D eigenvalue weighted by molar-refractivity contribution is -0.274. The summed E-state index contributed by atoms with van der Waals surface area (Å²) in [5.41, 5.74) is -0.318. The van der Waals surface area contributed by atoms with Crippen LogP contribution in [-0.2, 0) is 0 Å². The Kier molecular flexibility index (Phi) is 5.07. The van der Waals surface area contributed by atoms with Gasteiger partial charge in [-0.05, 0) is 23.8 Å². The molecule has 108 valence electrons. The molecule has 0 fully saturated rings. The molecular formula is C12H10F3NO4. The number of carbonyl (C=O) groups excluding carboxylic acids is 1. The van der Waals surface area contributed by atoms with Gasteiger partial charge in [0.1, 0.15) is 18.1 Å². The molecule has 0 bridgehead atoms. The lowest BCUT2D eigenvalue weighted by Crippen LogP contribution is -2.19. The maximum absolute atomic E-state index is 12.1. The molecule has 0 aliphatic rings. The number of nitriles is 1. The minimum absolute atomic E-state index is 0.156. The molecule has 0 radical (unpaired) electrons. The number of nitrogens with zero attached hydrogens (tertiary/aromatic N) is 1. The Balaban J connectivity index is 3.10. The Hall–Kier alpha value is -2.11. The zero-order valence-electron chi connectivity index (χ0n) is 9.96. The van der Waals surface area contributed by atoms with E-state index in [-0.39, 0.29) is 17.4 Å². The van der Waals surface area contributed by atoms with E-state index in [1.54, 1.807) is 6.07 Å². The van der Waals surface area contributed by atoms with Crippen LogP contribution >= 0.6 is 0 Å². The monoisotopic (exact) mass is 289 g/mol. The Morgan fingerprint density at radius 1 is 1.35 bits per heavy atom. The molecular weight excluding hydrogens is 279 g/mol. The lowest BCUT2D eigenvalue weighted by Gasteiger charge is -2.17. The van der Waals surface area contributed by atoms with Gasteiger partial charge in [0.15, 0.2) is 0 Å². The van der Waals surface area contributed by atoms with Crippen LogP contribution in [0, 0.1) is 11.3 Å². The number of carbonyl (C=O) groups is 1. The number of hydrogen-bond acceptors (Lipinski definition) is 5. The summed E-state index contributed by atoms with van der Waals surface area (Å²) in [6, 6.07) is 4.39. The van der Waals surface area contributed by atoms with E-state index in [4.69, 9.17) is 5.26 Å². The summed E-state index contributed by atoms with van der Waals surface area (Å²) >= 11 is 0. The highest BCUT2D eigenvalue weighted by Gasteiger charge is 2.31. The smallest absolute Gasteiger partial charge is 0.406 e. The third-order valence-electron chi connectivity index (χ3n) is 2.33. The Bertz CT molecular complexity index is 524. The zero-order valence-corrected chi connectivity index (χ0v) is 9.96. The van der Waals surface area contributed by atoms with E-state index in [0.29, 0.717) is 0 Å². The molecule has 1 aromatic rings. The molecule has 20 heavy (non-hydrogen) atoms. The number of rotatable bonds is 5. The van der Waals surface area contributed by atoms with Crippen molar-refractivity contribution in [2.45, 2.75) is 25.0 Å². The molecule has 0 aliphatic carbocycles. The molecule has 0 aliphatic heterocycles. The predicted octanol–water partition coefficient (Wildman–Crippen LogP) is 1.71. The third-order valence-corrected chi connectivity index (χ3v) is 2.33. The quantitative estimate of drug-likeness (QED) is 0.805. The van der Waals surface area contributed by atoms with Gasteiger partial charge in [-0.15, -0.1) is 13.2 Å². The molecule has 1 aromatic carbocycles. The first-order valence-electron chi connectivity index (χ1n) is 5.36. The lowest BCUT2D eigenvalue weighted by atomic mass is 10.0. The molecule has 0 saturated heterocycles. The number of aldehydes is 1. The summed E-state index contributed by atoms with van der Waals surface area (Å²) in [6.07, 6.45) is -8.18. The molecule has 8 heteroatoms. The van der Waals surface area contributed by atoms with Crippen LogP contribution in [0.1, 0.15) is 28.4 Å². The molecule has 0 aromatic heterocycles. The standard InChI is InChI=1S/C12H10F3NO4/c13-12(14,15)20-9-4-7(6-17)3-8(5-9)11(19)10(18)1-2-16/h3-6,10-11,18-19H,1H2. The molecule has 2 N–H and O–H groups in total. The van der Waals surface area contributed by atoms with Gasteiger partial charge in [0.05, 0.1) is 18.6 Å². The topological polar surface area (TPSA) is 90.5 Å². The van der Waals surface area contributed by atoms with Crippen LogP contribution in [-0.4, -0.2) is 29.0 Å². The van der Waals surface area contributed by atoms with Crippen molar-refractivity contribution < 1.29 is 32.9 Å². The number of aliphatic hydroxyl groups excluding tert-OH is 2. The van der Waals surface area contributed by atoms with Gasteiger partial charge >= 0.3 is 6.36 Å². The second-order valence-electron chi connectivity index (χ2n) is 3.88. The molecule has 0 amide bonds. The fourth-order valence-electron chi connectivity index (χ4n) is 1.50. The normalized spacial score (nSPS) is 14.2. The number of aliphatic hydroxyl groups is 2. The summed E-state index contributed by atoms with van der Waals surface area (Å²) in [5, 5.41) is 27.5. The molecule has 0 heterocycles. The van der Waals surface area contributed by atoms with Gasteiger partial charge in [-0.25, -0.2) is 0 Å². The molecule has 0 spiro atoms. The molecule has 1 rings (SSSR count). The van der Waals surface area contributed by atoms with E-state index in [1.807, 2.05) is 0 Å². The largest absolute Gasteiger partial charge is 0.573 e. The van der Waals surface area contributed by atoms with Crippen molar-refractivity contribution in [3.8, 4) is 11.8 Å². The maximum Gasteiger partial charge on any atom is 0.573 e. The Morgan fingerprint density at radius 2 is 2.00 bits per heavy atom. The first-order chi connectivity index (χ1) is 9.26. The van der Waals surface area contributed by atoms with Gasteiger partial charge in [-0.2, -0.15) is 5.26 Å². The third kappa shape index (κ3) is 4.53. The van der Waals surface area contributed by atoms with Crippen molar-refractivity contribution in [1.29, 1.82) is 5.26 Å². The summed E-state index contributed by atoms with van der Waals surface area (Å²) in [4.78, 5) is 10.7. The number of alkyl halides is 3. The van der Waals surface area contributed by atoms with Crippen molar-refractivity contribution in [2.75, 3.05) is 0 Å². The fourth-order valence-corrected chi connectivity index (χ4v) is 1.50. The molecule has 5 nitrogen and oxygen atoms in total. The maximum atomic E-state index is 12.1. The summed E-state index contributed by atoms with van der Waals surface area (Å²) in [6.45, 7) is 0. The Morgan fingerprint density at radius 3 is 2.50 bits per heavy atom. The van der Waals surface area contributed by atoms with Gasteiger partial charge < -0.3 is 14.9 Å². The predicted molar refractivity (Wildman–Crippen MR) is 59.7 cm³/mol. The number of halogens is 3. The first-order valence-corrected chi connectivity index (χ1v) is 5.36. The molecule has 0 saturated carbocycles. The van der Waals surface area contributed by atoms with Crippen molar-refractivity contribution in [3.63, 3.8) is 0 Å². The summed E-state index contributed by atoms with van der Waals surface area (Å²) in [7, 11) is 0. The van der Waals surface area contributed by atoms with Crippen LogP contribution in [0.5, 0.6) is 5.75 Å². The Labute approximate surface area is 111 Å². The number of hydrogen-bond donors (Lipinski definition) is 2. The van der Waals surface area contributed by atoms with E-state index >= 15 is 0 Å². The van der Waals surface area contributed by atoms with Crippen LogP contribution < -0.4 is 4.74 Å². The molecule has 2 unspecified atom stereocenters. The van der Waals surface area contributed by atoms with E-state index in [1.165, 1.54) is 0 Å². The second-order valence-corrected chi connectivity index (χ2v) is 3.88. The van der Waals surface area contributed by atoms with Gasteiger partial charge in [0.2, 0.25) is 0 Å². The SMILES string of the molecule is N#CCC(O)C(O)c1cc(C=O)cc(OC(F)(F)F)c1. The van der Waals surface area contributed by atoms with Crippen LogP contribution in [0.4, 0.5) is 13.2 Å². The summed E-state index contributed by atoms with van der Waals surface area (Å²) in [5.74, 6) is -0.694. The van der Waals surface area contributed by atoms with Gasteiger partial charge in [0.25, 0.3) is 0 Å². The van der Waals surface area contributed by atoms with Gasteiger partial charge in [-0.3, -0.25) is 4.79 Å². The van der Waals surface area contributed by atoms with Crippen molar-refractivity contribution in [1.82, 2.24) is 0 Å². The van der Waals surface area contributed by atoms with Crippen LogP contribution in [0.25, 0.3) is 0 Å². The van der Waals surface area contributed by atoms with Gasteiger partial charge in [0, 0.05) is 5.56 Å². The van der Waals surface area contributed by atoms with Crippen LogP contribution in [0.3, 0.4) is 0 Å². The average molecular weight is 289 g/mol. The minimum Gasteiger partial charge on any atom is -0.406 e. The summed E-state index contributed by atoms with van der Waals surface area (Å²) < 4.78 is 40.0. The number of benzene rings is 1. The van der Waals surface area contributed by atoms with E-state index < -0.39 is 30.7 Å². The highest BCUT2D eigenvalue weighted by atomic mass is 19.4. The van der Waals surface area contributed by atoms with E-state index in [0.717, 1.165) is 18.2 Å². The van der Waals surface area contributed by atoms with Crippen LogP contribution in [0.2, 0.25) is 0 Å². The highest BCUT2D eigenvalue weighted by molar-refractivity contribution is 5.76. The van der Waals surface area contributed by atoms with E-state index in [9.17, 15) is 28.2 Å². The van der Waals surface area contributed by atoms with Crippen LogP contribution in [0.15, 0.2) is 18.2 Å². The second kappa shape index (κ2) is 6.36. The molecule has 2 atom stereocenters. The zero-order chi connectivity index (χ0) is 15.3.